The summed E-state index contributed by atoms with van der Waals surface area (Å²) < 4.78 is 11.1. The number of hydrogen-bond acceptors (Lipinski definition) is 8. The average Bonchev–Trinajstić information content (AvgIpc) is 3.28. The summed E-state index contributed by atoms with van der Waals surface area (Å²) in [6, 6.07) is 11.0. The third kappa shape index (κ3) is 5.95. The summed E-state index contributed by atoms with van der Waals surface area (Å²) in [5, 5.41) is 13.7. The van der Waals surface area contributed by atoms with Gasteiger partial charge in [-0.1, -0.05) is 24.3 Å². The van der Waals surface area contributed by atoms with E-state index in [2.05, 4.69) is 28.9 Å². The lowest BCUT2D eigenvalue weighted by Crippen LogP contribution is -2.35. The molecule has 0 atom stereocenters. The Morgan fingerprint density at radius 3 is 2.71 bits per heavy atom. The lowest BCUT2D eigenvalue weighted by atomic mass is 10.1. The van der Waals surface area contributed by atoms with E-state index >= 15 is 0 Å². The number of hydrogen-bond donors (Lipinski definition) is 0. The number of thiazole rings is 1. The van der Waals surface area contributed by atoms with Gasteiger partial charge in [-0.25, -0.2) is 4.98 Å². The maximum atomic E-state index is 13.4. The van der Waals surface area contributed by atoms with Crippen LogP contribution in [0, 0.1) is 17.0 Å². The van der Waals surface area contributed by atoms with Crippen LogP contribution in [0.4, 0.5) is 5.69 Å². The number of nitrogens with zero attached hydrogens (tertiary/aromatic N) is 4. The second kappa shape index (κ2) is 11.3. The fourth-order valence-electron chi connectivity index (χ4n) is 4.14. The lowest BCUT2D eigenvalue weighted by molar-refractivity contribution is -0.385. The van der Waals surface area contributed by atoms with Crippen LogP contribution in [0.1, 0.15) is 33.6 Å². The molecule has 3 aromatic rings. The van der Waals surface area contributed by atoms with Crippen molar-refractivity contribution in [2.45, 2.75) is 26.5 Å². The van der Waals surface area contributed by atoms with Gasteiger partial charge in [-0.05, 0) is 24.5 Å². The zero-order valence-corrected chi connectivity index (χ0v) is 20.6. The van der Waals surface area contributed by atoms with Gasteiger partial charge in [-0.2, -0.15) is 0 Å². The summed E-state index contributed by atoms with van der Waals surface area (Å²) in [7, 11) is 1.44. The summed E-state index contributed by atoms with van der Waals surface area (Å²) in [4.78, 5) is 32.9. The number of carbonyl (C=O) groups is 1. The highest BCUT2D eigenvalue weighted by atomic mass is 32.1. The summed E-state index contributed by atoms with van der Waals surface area (Å²) in [6.45, 7) is 5.63. The van der Waals surface area contributed by atoms with Crippen molar-refractivity contribution in [3.63, 3.8) is 0 Å². The van der Waals surface area contributed by atoms with Crippen molar-refractivity contribution in [3.05, 3.63) is 79.8 Å². The average molecular weight is 497 g/mol. The van der Waals surface area contributed by atoms with Gasteiger partial charge in [-0.15, -0.1) is 11.3 Å². The number of aromatic nitrogens is 1. The van der Waals surface area contributed by atoms with Crippen molar-refractivity contribution in [1.29, 1.82) is 0 Å². The predicted molar refractivity (Wildman–Crippen MR) is 133 cm³/mol. The molecule has 1 aromatic heterocycles. The number of rotatable bonds is 8. The number of aryl methyl sites for hydroxylation is 1. The third-order valence-electron chi connectivity index (χ3n) is 6.10. The van der Waals surface area contributed by atoms with Crippen LogP contribution < -0.4 is 9.47 Å². The molecule has 0 bridgehead atoms. The van der Waals surface area contributed by atoms with E-state index in [4.69, 9.17) is 9.47 Å². The van der Waals surface area contributed by atoms with Gasteiger partial charge < -0.3 is 14.4 Å². The Morgan fingerprint density at radius 1 is 1.17 bits per heavy atom. The van der Waals surface area contributed by atoms with E-state index in [0.29, 0.717) is 25.3 Å². The second-order valence-electron chi connectivity index (χ2n) is 8.39. The van der Waals surface area contributed by atoms with E-state index in [1.807, 2.05) is 17.5 Å². The molecule has 0 saturated carbocycles. The van der Waals surface area contributed by atoms with Crippen LogP contribution >= 0.6 is 11.3 Å². The van der Waals surface area contributed by atoms with E-state index in [0.717, 1.165) is 19.5 Å². The maximum Gasteiger partial charge on any atom is 0.286 e. The van der Waals surface area contributed by atoms with Crippen LogP contribution in [-0.4, -0.2) is 58.9 Å². The highest BCUT2D eigenvalue weighted by Crippen LogP contribution is 2.36. The molecule has 1 amide bonds. The molecule has 1 aliphatic heterocycles. The highest BCUT2D eigenvalue weighted by Gasteiger charge is 2.29. The minimum absolute atomic E-state index is 0.000196. The quantitative estimate of drug-likeness (QED) is 0.339. The fourth-order valence-corrected chi connectivity index (χ4v) is 4.68. The zero-order valence-electron chi connectivity index (χ0n) is 19.8. The van der Waals surface area contributed by atoms with Gasteiger partial charge in [-0.3, -0.25) is 19.8 Å². The first kappa shape index (κ1) is 24.6. The standard InChI is InChI=1S/C25H28N4O5S/c1-18-6-3-4-7-19(18)14-27-8-5-9-28(11-10-27)25(30)21-12-23(33-2)24(13-22(21)29(31)32)34-15-20-16-35-17-26-20/h3-4,6-7,12-13,16-17H,5,8-11,14-15H2,1-2H3. The molecule has 0 aliphatic carbocycles. The van der Waals surface area contributed by atoms with Crippen molar-refractivity contribution in [1.82, 2.24) is 14.8 Å². The number of nitro groups is 1. The first-order valence-electron chi connectivity index (χ1n) is 11.4. The largest absolute Gasteiger partial charge is 0.493 e. The summed E-state index contributed by atoms with van der Waals surface area (Å²) in [5.74, 6) is 0.0907. The Bertz CT molecular complexity index is 1180. The van der Waals surface area contributed by atoms with E-state index in [-0.39, 0.29) is 35.3 Å². The topological polar surface area (TPSA) is 98.0 Å². The molecule has 1 aliphatic rings. The number of carbonyl (C=O) groups excluding carboxylic acids is 1. The fraction of sp³-hybridized carbons (Fsp3) is 0.360. The van der Waals surface area contributed by atoms with Gasteiger partial charge >= 0.3 is 0 Å². The van der Waals surface area contributed by atoms with E-state index < -0.39 is 4.92 Å². The molecule has 0 radical (unpaired) electrons. The SMILES string of the molecule is COc1cc(C(=O)N2CCCN(Cc3ccccc3C)CC2)c([N+](=O)[O-])cc1OCc1cscn1. The van der Waals surface area contributed by atoms with Gasteiger partial charge in [0.15, 0.2) is 11.5 Å². The molecular formula is C25H28N4O5S. The van der Waals surface area contributed by atoms with Crippen LogP contribution in [0.15, 0.2) is 47.3 Å². The van der Waals surface area contributed by atoms with Crippen molar-refractivity contribution < 1.29 is 19.2 Å². The van der Waals surface area contributed by atoms with Gasteiger partial charge in [0.25, 0.3) is 11.6 Å². The lowest BCUT2D eigenvalue weighted by Gasteiger charge is -2.23. The van der Waals surface area contributed by atoms with Crippen LogP contribution in [0.2, 0.25) is 0 Å². The van der Waals surface area contributed by atoms with E-state index in [9.17, 15) is 14.9 Å². The molecule has 0 unspecified atom stereocenters. The number of ether oxygens (including phenoxy) is 2. The Labute approximate surface area is 208 Å². The van der Waals surface area contributed by atoms with Gasteiger partial charge in [0.05, 0.1) is 29.3 Å². The molecule has 4 rings (SSSR count). The van der Waals surface area contributed by atoms with E-state index in [1.165, 1.54) is 41.7 Å². The zero-order chi connectivity index (χ0) is 24.8. The first-order chi connectivity index (χ1) is 17.0. The number of amides is 1. The Balaban J connectivity index is 1.50. The number of methoxy groups -OCH3 is 1. The van der Waals surface area contributed by atoms with E-state index in [1.54, 1.807) is 10.4 Å². The molecule has 0 N–H and O–H groups in total. The molecular weight excluding hydrogens is 468 g/mol. The molecule has 35 heavy (non-hydrogen) atoms. The molecule has 10 heteroatoms. The number of benzene rings is 2. The Kier molecular flexibility index (Phi) is 7.94. The van der Waals surface area contributed by atoms with Crippen molar-refractivity contribution in [3.8, 4) is 11.5 Å². The number of nitro benzene ring substituents is 1. The summed E-state index contributed by atoms with van der Waals surface area (Å²) >= 11 is 1.43. The van der Waals surface area contributed by atoms with Gasteiger partial charge in [0.1, 0.15) is 12.2 Å². The van der Waals surface area contributed by atoms with Crippen molar-refractivity contribution >= 4 is 22.9 Å². The third-order valence-corrected chi connectivity index (χ3v) is 6.73. The molecule has 0 spiro atoms. The highest BCUT2D eigenvalue weighted by molar-refractivity contribution is 7.07. The molecule has 1 fully saturated rings. The Hall–Kier alpha value is -3.50. The van der Waals surface area contributed by atoms with Crippen LogP contribution in [0.5, 0.6) is 11.5 Å². The van der Waals surface area contributed by atoms with Crippen LogP contribution in [0.3, 0.4) is 0 Å². The Morgan fingerprint density at radius 2 is 2.00 bits per heavy atom. The molecule has 184 valence electrons. The summed E-state index contributed by atoms with van der Waals surface area (Å²) in [6.07, 6.45) is 0.789. The normalized spacial score (nSPS) is 14.4. The molecule has 2 aromatic carbocycles. The predicted octanol–water partition coefficient (Wildman–Crippen LogP) is 4.30. The molecule has 1 saturated heterocycles. The molecule has 9 nitrogen and oxygen atoms in total. The minimum atomic E-state index is -0.551. The van der Waals surface area contributed by atoms with Crippen molar-refractivity contribution in [2.75, 3.05) is 33.3 Å². The minimum Gasteiger partial charge on any atom is -0.493 e. The smallest absolute Gasteiger partial charge is 0.286 e. The van der Waals surface area contributed by atoms with Crippen molar-refractivity contribution in [2.24, 2.45) is 0 Å². The van der Waals surface area contributed by atoms with Crippen LogP contribution in [-0.2, 0) is 13.2 Å². The second-order valence-corrected chi connectivity index (χ2v) is 9.11. The molecule has 2 heterocycles. The monoisotopic (exact) mass is 496 g/mol. The maximum absolute atomic E-state index is 13.4. The summed E-state index contributed by atoms with van der Waals surface area (Å²) in [5.41, 5.74) is 4.60. The first-order valence-corrected chi connectivity index (χ1v) is 12.3. The van der Waals surface area contributed by atoms with Gasteiger partial charge in [0, 0.05) is 44.2 Å². The van der Waals surface area contributed by atoms with Gasteiger partial charge in [0.2, 0.25) is 0 Å². The van der Waals surface area contributed by atoms with Crippen LogP contribution in [0.25, 0.3) is 0 Å².